The Labute approximate surface area is 133 Å². The van der Waals surface area contributed by atoms with Crippen LogP contribution in [-0.4, -0.2) is 39.1 Å². The zero-order valence-corrected chi connectivity index (χ0v) is 12.7. The average Bonchev–Trinajstić information content (AvgIpc) is 3.05. The van der Waals surface area contributed by atoms with Gasteiger partial charge in [-0.2, -0.15) is 0 Å². The van der Waals surface area contributed by atoms with Gasteiger partial charge in [0.05, 0.1) is 11.4 Å². The minimum absolute atomic E-state index is 0.266. The van der Waals surface area contributed by atoms with Gasteiger partial charge in [0.2, 0.25) is 5.95 Å². The molecular weight excluding hydrogens is 290 g/mol. The SMILES string of the molecule is Nc1nccc(-c2cnc3[nH]ccc3c2N[C@@H]2CCCNC2)n1. The van der Waals surface area contributed by atoms with E-state index in [4.69, 9.17) is 5.73 Å². The molecule has 1 aliphatic heterocycles. The molecule has 3 aromatic rings. The van der Waals surface area contributed by atoms with Crippen molar-refractivity contribution in [1.82, 2.24) is 25.3 Å². The van der Waals surface area contributed by atoms with E-state index in [1.54, 1.807) is 6.20 Å². The molecule has 7 heteroatoms. The van der Waals surface area contributed by atoms with Gasteiger partial charge in [-0.05, 0) is 31.5 Å². The number of aromatic nitrogens is 4. The molecule has 118 valence electrons. The second-order valence-corrected chi connectivity index (χ2v) is 5.77. The molecule has 0 saturated carbocycles. The topological polar surface area (TPSA) is 105 Å². The Hall–Kier alpha value is -2.67. The minimum atomic E-state index is 0.266. The van der Waals surface area contributed by atoms with Crippen molar-refractivity contribution in [2.24, 2.45) is 0 Å². The van der Waals surface area contributed by atoms with E-state index in [0.29, 0.717) is 6.04 Å². The smallest absolute Gasteiger partial charge is 0.220 e. The van der Waals surface area contributed by atoms with Gasteiger partial charge in [0, 0.05) is 42.1 Å². The van der Waals surface area contributed by atoms with Crippen molar-refractivity contribution in [2.75, 3.05) is 24.1 Å². The van der Waals surface area contributed by atoms with E-state index in [0.717, 1.165) is 47.5 Å². The van der Waals surface area contributed by atoms with Crippen LogP contribution >= 0.6 is 0 Å². The van der Waals surface area contributed by atoms with Crippen LogP contribution in [0.25, 0.3) is 22.3 Å². The first-order chi connectivity index (χ1) is 11.3. The Balaban J connectivity index is 1.81. The first-order valence-electron chi connectivity index (χ1n) is 7.83. The lowest BCUT2D eigenvalue weighted by Gasteiger charge is -2.26. The summed E-state index contributed by atoms with van der Waals surface area (Å²) in [6.07, 6.45) is 7.73. The summed E-state index contributed by atoms with van der Waals surface area (Å²) in [7, 11) is 0. The van der Waals surface area contributed by atoms with E-state index in [2.05, 4.69) is 30.6 Å². The third-order valence-electron chi connectivity index (χ3n) is 4.18. The van der Waals surface area contributed by atoms with E-state index >= 15 is 0 Å². The van der Waals surface area contributed by atoms with Gasteiger partial charge in [0.1, 0.15) is 5.65 Å². The monoisotopic (exact) mass is 309 g/mol. The third-order valence-corrected chi connectivity index (χ3v) is 4.18. The average molecular weight is 309 g/mol. The van der Waals surface area contributed by atoms with Gasteiger partial charge in [-0.15, -0.1) is 0 Å². The lowest BCUT2D eigenvalue weighted by Crippen LogP contribution is -2.38. The molecule has 0 amide bonds. The van der Waals surface area contributed by atoms with Gasteiger partial charge < -0.3 is 21.4 Å². The summed E-state index contributed by atoms with van der Waals surface area (Å²) in [5.74, 6) is 0.266. The predicted octanol–water partition coefficient (Wildman–Crippen LogP) is 1.77. The number of hydrogen-bond acceptors (Lipinski definition) is 6. The van der Waals surface area contributed by atoms with Gasteiger partial charge >= 0.3 is 0 Å². The van der Waals surface area contributed by atoms with Gasteiger partial charge in [-0.3, -0.25) is 0 Å². The number of rotatable bonds is 3. The zero-order chi connectivity index (χ0) is 15.6. The van der Waals surface area contributed by atoms with Crippen molar-refractivity contribution < 1.29 is 0 Å². The Kier molecular flexibility index (Phi) is 3.55. The molecule has 1 aliphatic rings. The van der Waals surface area contributed by atoms with Crippen molar-refractivity contribution in [2.45, 2.75) is 18.9 Å². The summed E-state index contributed by atoms with van der Waals surface area (Å²) in [5.41, 5.74) is 9.37. The fraction of sp³-hybridized carbons (Fsp3) is 0.312. The van der Waals surface area contributed by atoms with Gasteiger partial charge in [0.25, 0.3) is 0 Å². The van der Waals surface area contributed by atoms with Crippen molar-refractivity contribution in [3.63, 3.8) is 0 Å². The van der Waals surface area contributed by atoms with Crippen molar-refractivity contribution in [3.8, 4) is 11.3 Å². The summed E-state index contributed by atoms with van der Waals surface area (Å²) in [5, 5.41) is 8.17. The molecule has 0 spiro atoms. The van der Waals surface area contributed by atoms with Crippen LogP contribution in [0.15, 0.2) is 30.7 Å². The summed E-state index contributed by atoms with van der Waals surface area (Å²) < 4.78 is 0. The molecule has 5 N–H and O–H groups in total. The molecule has 4 heterocycles. The molecule has 1 fully saturated rings. The highest BCUT2D eigenvalue weighted by Crippen LogP contribution is 2.33. The number of aromatic amines is 1. The number of nitrogen functional groups attached to an aromatic ring is 1. The fourth-order valence-electron chi connectivity index (χ4n) is 3.06. The van der Waals surface area contributed by atoms with Crippen LogP contribution in [0, 0.1) is 0 Å². The number of pyridine rings is 1. The summed E-state index contributed by atoms with van der Waals surface area (Å²) in [4.78, 5) is 16.0. The number of nitrogens with two attached hydrogens (primary N) is 1. The first-order valence-corrected chi connectivity index (χ1v) is 7.83. The molecule has 1 atom stereocenters. The van der Waals surface area contributed by atoms with Crippen molar-refractivity contribution in [3.05, 3.63) is 30.7 Å². The molecule has 0 aliphatic carbocycles. The maximum absolute atomic E-state index is 5.74. The number of nitrogens with zero attached hydrogens (tertiary/aromatic N) is 3. The van der Waals surface area contributed by atoms with E-state index in [1.165, 1.54) is 6.42 Å². The predicted molar refractivity (Wildman–Crippen MR) is 91.0 cm³/mol. The van der Waals surface area contributed by atoms with Crippen LogP contribution in [0.2, 0.25) is 0 Å². The summed E-state index contributed by atoms with van der Waals surface area (Å²) >= 11 is 0. The molecule has 0 unspecified atom stereocenters. The Morgan fingerprint density at radius 2 is 2.22 bits per heavy atom. The number of piperidine rings is 1. The van der Waals surface area contributed by atoms with Crippen LogP contribution in [-0.2, 0) is 0 Å². The molecule has 4 rings (SSSR count). The van der Waals surface area contributed by atoms with Gasteiger partial charge in [-0.1, -0.05) is 0 Å². The largest absolute Gasteiger partial charge is 0.380 e. The molecule has 3 aromatic heterocycles. The number of fused-ring (bicyclic) bond motifs is 1. The lowest BCUT2D eigenvalue weighted by molar-refractivity contribution is 0.480. The number of anilines is 2. The van der Waals surface area contributed by atoms with Gasteiger partial charge in [-0.25, -0.2) is 15.0 Å². The Bertz CT molecular complexity index is 820. The Morgan fingerprint density at radius 1 is 1.26 bits per heavy atom. The molecule has 0 radical (unpaired) electrons. The van der Waals surface area contributed by atoms with E-state index in [-0.39, 0.29) is 5.95 Å². The molecular formula is C16H19N7. The standard InChI is InChI=1S/C16H19N7/c17-16-20-7-4-13(23-16)12-9-21-15-11(3-6-19-15)14(12)22-10-2-1-5-18-8-10/h3-4,6-7,9-10,18H,1-2,5,8H2,(H2,17,20,23)(H2,19,21,22)/t10-/m1/s1. The highest BCUT2D eigenvalue weighted by atomic mass is 15.0. The minimum Gasteiger partial charge on any atom is -0.380 e. The molecule has 7 nitrogen and oxygen atoms in total. The fourth-order valence-corrected chi connectivity index (χ4v) is 3.06. The molecule has 0 bridgehead atoms. The second kappa shape index (κ2) is 5.85. The summed E-state index contributed by atoms with van der Waals surface area (Å²) in [6.45, 7) is 2.04. The summed E-state index contributed by atoms with van der Waals surface area (Å²) in [6, 6.07) is 4.28. The molecule has 1 saturated heterocycles. The van der Waals surface area contributed by atoms with Crippen LogP contribution in [0.5, 0.6) is 0 Å². The van der Waals surface area contributed by atoms with Crippen LogP contribution in [0.4, 0.5) is 11.6 Å². The molecule has 0 aromatic carbocycles. The normalized spacial score (nSPS) is 18.2. The van der Waals surface area contributed by atoms with E-state index in [1.807, 2.05) is 24.5 Å². The quantitative estimate of drug-likeness (QED) is 0.588. The highest BCUT2D eigenvalue weighted by Gasteiger charge is 2.18. The van der Waals surface area contributed by atoms with Crippen LogP contribution < -0.4 is 16.4 Å². The first kappa shape index (κ1) is 14.0. The second-order valence-electron chi connectivity index (χ2n) is 5.77. The third kappa shape index (κ3) is 2.70. The van der Waals surface area contributed by atoms with Crippen molar-refractivity contribution in [1.29, 1.82) is 0 Å². The zero-order valence-electron chi connectivity index (χ0n) is 12.7. The number of H-pyrrole nitrogens is 1. The Morgan fingerprint density at radius 3 is 3.04 bits per heavy atom. The van der Waals surface area contributed by atoms with Gasteiger partial charge in [0.15, 0.2) is 0 Å². The molecule has 23 heavy (non-hydrogen) atoms. The van der Waals surface area contributed by atoms with Crippen LogP contribution in [0.1, 0.15) is 12.8 Å². The highest BCUT2D eigenvalue weighted by molar-refractivity contribution is 5.97. The number of nitrogens with one attached hydrogen (secondary N) is 3. The van der Waals surface area contributed by atoms with E-state index < -0.39 is 0 Å². The van der Waals surface area contributed by atoms with Crippen LogP contribution in [0.3, 0.4) is 0 Å². The van der Waals surface area contributed by atoms with E-state index in [9.17, 15) is 0 Å². The maximum Gasteiger partial charge on any atom is 0.220 e. The maximum atomic E-state index is 5.74. The van der Waals surface area contributed by atoms with Crippen molar-refractivity contribution >= 4 is 22.7 Å². The lowest BCUT2D eigenvalue weighted by atomic mass is 10.0. The number of hydrogen-bond donors (Lipinski definition) is 4.